The minimum Gasteiger partial charge on any atom is -0.445 e. The summed E-state index contributed by atoms with van der Waals surface area (Å²) in [5.74, 6) is -2.31. The van der Waals surface area contributed by atoms with Crippen LogP contribution < -0.4 is 4.74 Å². The summed E-state index contributed by atoms with van der Waals surface area (Å²) in [6, 6.07) is 9.04. The van der Waals surface area contributed by atoms with E-state index in [-0.39, 0.29) is 60.0 Å². The standard InChI is InChI=1S/C29H29N5O11S/c1-30(2)27(37)23-11-20(13-31(23)29(39)44-15-16-3-5-17(6-4-16)33(40)41)46-24-12-22-21(14-35)26(36)32(22)25(24)28(38)45-19-9-7-18(8-10-19)34(42)43/h3-10,20-23,35H,11-15H2,1-2H3. The summed E-state index contributed by atoms with van der Waals surface area (Å²) in [7, 11) is 3.11. The van der Waals surface area contributed by atoms with Crippen LogP contribution in [-0.4, -0.2) is 98.1 Å². The van der Waals surface area contributed by atoms with Gasteiger partial charge < -0.3 is 24.4 Å². The van der Waals surface area contributed by atoms with E-state index in [1.165, 1.54) is 75.0 Å². The van der Waals surface area contributed by atoms with E-state index >= 15 is 0 Å². The third kappa shape index (κ3) is 6.36. The quantitative estimate of drug-likeness (QED) is 0.129. The monoisotopic (exact) mass is 655 g/mol. The second-order valence-electron chi connectivity index (χ2n) is 11.0. The van der Waals surface area contributed by atoms with Gasteiger partial charge in [-0.05, 0) is 36.2 Å². The second-order valence-corrected chi connectivity index (χ2v) is 12.4. The highest BCUT2D eigenvalue weighted by atomic mass is 32.2. The Labute approximate surface area is 265 Å². The number of nitro groups is 2. The molecule has 3 heterocycles. The molecule has 1 N–H and O–H groups in total. The molecule has 2 saturated heterocycles. The number of likely N-dealkylation sites (tertiary alicyclic amines) is 1. The van der Waals surface area contributed by atoms with Crippen molar-refractivity contribution in [3.05, 3.63) is 84.9 Å². The Balaban J connectivity index is 1.34. The van der Waals surface area contributed by atoms with Crippen molar-refractivity contribution in [3.63, 3.8) is 0 Å². The van der Waals surface area contributed by atoms with Gasteiger partial charge >= 0.3 is 12.1 Å². The van der Waals surface area contributed by atoms with Crippen molar-refractivity contribution in [3.8, 4) is 5.75 Å². The van der Waals surface area contributed by atoms with Gasteiger partial charge in [0, 0.05) is 61.5 Å². The number of likely N-dealkylation sites (N-methyl/N-ethyl adjacent to an activating group) is 1. The number of esters is 1. The molecule has 0 radical (unpaired) electrons. The molecule has 4 unspecified atom stereocenters. The van der Waals surface area contributed by atoms with Crippen LogP contribution in [0.1, 0.15) is 18.4 Å². The van der Waals surface area contributed by atoms with Crippen molar-refractivity contribution in [2.75, 3.05) is 27.2 Å². The van der Waals surface area contributed by atoms with Crippen LogP contribution in [0, 0.1) is 26.1 Å². The van der Waals surface area contributed by atoms with Crippen LogP contribution in [0.4, 0.5) is 16.2 Å². The first kappa shape index (κ1) is 32.4. The normalized spacial score (nSPS) is 21.8. The van der Waals surface area contributed by atoms with Gasteiger partial charge in [0.15, 0.2) is 0 Å². The number of fused-ring (bicyclic) bond motifs is 1. The highest BCUT2D eigenvalue weighted by molar-refractivity contribution is 8.03. The van der Waals surface area contributed by atoms with Crippen LogP contribution in [0.15, 0.2) is 59.1 Å². The molecule has 3 aliphatic rings. The Bertz CT molecular complexity index is 1610. The molecule has 4 atom stereocenters. The summed E-state index contributed by atoms with van der Waals surface area (Å²) in [5.41, 5.74) is 0.191. The van der Waals surface area contributed by atoms with E-state index in [0.29, 0.717) is 10.5 Å². The molecule has 0 aliphatic carbocycles. The van der Waals surface area contributed by atoms with E-state index in [0.717, 1.165) is 0 Å². The average Bonchev–Trinajstić information content (AvgIpc) is 3.59. The summed E-state index contributed by atoms with van der Waals surface area (Å²) in [6.45, 7) is -0.511. The molecule has 3 aliphatic heterocycles. The lowest BCUT2D eigenvalue weighted by atomic mass is 9.88. The number of aliphatic hydroxyl groups is 1. The third-order valence-electron chi connectivity index (χ3n) is 7.94. The van der Waals surface area contributed by atoms with E-state index in [4.69, 9.17) is 9.47 Å². The SMILES string of the molecule is CN(C)C(=O)C1CC(SC2=C(C(=O)Oc3ccc([N+](=O)[O-])cc3)N3C(=O)C(CO)C3C2)CN1C(=O)OCc1ccc([N+](=O)[O-])cc1. The molecule has 242 valence electrons. The first-order chi connectivity index (χ1) is 21.9. The largest absolute Gasteiger partial charge is 0.445 e. The minimum atomic E-state index is -0.877. The van der Waals surface area contributed by atoms with E-state index in [2.05, 4.69) is 0 Å². The lowest BCUT2D eigenvalue weighted by molar-refractivity contribution is -0.385. The molecule has 0 bridgehead atoms. The average molecular weight is 656 g/mol. The number of hydrogen-bond donors (Lipinski definition) is 1. The van der Waals surface area contributed by atoms with Gasteiger partial charge in [-0.25, -0.2) is 9.59 Å². The molecule has 2 aromatic carbocycles. The fourth-order valence-corrected chi connectivity index (χ4v) is 7.08. The maximum absolute atomic E-state index is 13.4. The molecule has 5 rings (SSSR count). The summed E-state index contributed by atoms with van der Waals surface area (Å²) in [6.07, 6.45) is -0.302. The molecule has 0 saturated carbocycles. The van der Waals surface area contributed by atoms with Crippen LogP contribution in [0.5, 0.6) is 5.75 Å². The van der Waals surface area contributed by atoms with Crippen LogP contribution in [0.2, 0.25) is 0 Å². The number of β-lactam (4-membered cyclic amide) rings is 1. The molecule has 46 heavy (non-hydrogen) atoms. The zero-order valence-electron chi connectivity index (χ0n) is 24.6. The summed E-state index contributed by atoms with van der Waals surface area (Å²) >= 11 is 1.23. The topological polar surface area (TPSA) is 203 Å². The lowest BCUT2D eigenvalue weighted by Gasteiger charge is -2.42. The number of non-ortho nitro benzene ring substituents is 2. The number of rotatable bonds is 10. The van der Waals surface area contributed by atoms with Crippen LogP contribution >= 0.6 is 11.8 Å². The second kappa shape index (κ2) is 13.1. The van der Waals surface area contributed by atoms with Gasteiger partial charge in [0.1, 0.15) is 24.1 Å². The van der Waals surface area contributed by atoms with Crippen LogP contribution in [0.3, 0.4) is 0 Å². The molecule has 2 fully saturated rings. The van der Waals surface area contributed by atoms with Gasteiger partial charge in [-0.2, -0.15) is 0 Å². The smallest absolute Gasteiger partial charge is 0.410 e. The molecule has 2 aromatic rings. The number of hydrogen-bond acceptors (Lipinski definition) is 12. The Morgan fingerprint density at radius 1 is 1.02 bits per heavy atom. The fraction of sp³-hybridized carbons (Fsp3) is 0.379. The Kier molecular flexibility index (Phi) is 9.24. The lowest BCUT2D eigenvalue weighted by Crippen LogP contribution is -2.59. The molecular formula is C29H29N5O11S. The van der Waals surface area contributed by atoms with Crippen LogP contribution in [0.25, 0.3) is 0 Å². The van der Waals surface area contributed by atoms with E-state index in [9.17, 15) is 44.5 Å². The summed E-state index contributed by atoms with van der Waals surface area (Å²) in [5, 5.41) is 31.3. The fourth-order valence-electron chi connectivity index (χ4n) is 5.60. The zero-order chi connectivity index (χ0) is 33.3. The van der Waals surface area contributed by atoms with E-state index in [1.54, 1.807) is 14.1 Å². The van der Waals surface area contributed by atoms with Crippen molar-refractivity contribution in [1.29, 1.82) is 0 Å². The zero-order valence-corrected chi connectivity index (χ0v) is 25.5. The number of aliphatic hydroxyl groups excluding tert-OH is 1. The maximum Gasteiger partial charge on any atom is 0.410 e. The molecular weight excluding hydrogens is 626 g/mol. The molecule has 0 aromatic heterocycles. The van der Waals surface area contributed by atoms with Crippen molar-refractivity contribution in [2.24, 2.45) is 5.92 Å². The number of benzene rings is 2. The van der Waals surface area contributed by atoms with Crippen molar-refractivity contribution >= 4 is 47.0 Å². The predicted molar refractivity (Wildman–Crippen MR) is 160 cm³/mol. The van der Waals surface area contributed by atoms with Gasteiger partial charge in [-0.3, -0.25) is 34.7 Å². The number of nitro benzene ring substituents is 2. The van der Waals surface area contributed by atoms with Crippen molar-refractivity contribution < 1.29 is 43.6 Å². The van der Waals surface area contributed by atoms with E-state index < -0.39 is 52.4 Å². The minimum absolute atomic E-state index is 0.0160. The highest BCUT2D eigenvalue weighted by Gasteiger charge is 2.56. The number of carbonyl (C=O) groups is 4. The summed E-state index contributed by atoms with van der Waals surface area (Å²) in [4.78, 5) is 77.7. The third-order valence-corrected chi connectivity index (χ3v) is 9.26. The highest BCUT2D eigenvalue weighted by Crippen LogP contribution is 2.48. The predicted octanol–water partition coefficient (Wildman–Crippen LogP) is 2.44. The van der Waals surface area contributed by atoms with Gasteiger partial charge in [0.2, 0.25) is 11.8 Å². The van der Waals surface area contributed by atoms with Gasteiger partial charge in [0.25, 0.3) is 11.4 Å². The number of amides is 3. The van der Waals surface area contributed by atoms with Crippen molar-refractivity contribution in [1.82, 2.24) is 14.7 Å². The van der Waals surface area contributed by atoms with Gasteiger partial charge in [0.05, 0.1) is 28.4 Å². The first-order valence-corrected chi connectivity index (χ1v) is 15.0. The van der Waals surface area contributed by atoms with Gasteiger partial charge in [-0.15, -0.1) is 11.8 Å². The van der Waals surface area contributed by atoms with Gasteiger partial charge in [-0.1, -0.05) is 0 Å². The molecule has 0 spiro atoms. The first-order valence-electron chi connectivity index (χ1n) is 14.1. The molecule has 17 heteroatoms. The Morgan fingerprint density at radius 3 is 2.20 bits per heavy atom. The Morgan fingerprint density at radius 2 is 1.63 bits per heavy atom. The van der Waals surface area contributed by atoms with Crippen LogP contribution in [-0.2, 0) is 25.7 Å². The number of carbonyl (C=O) groups excluding carboxylic acids is 4. The number of thioether (sulfide) groups is 1. The molecule has 16 nitrogen and oxygen atoms in total. The summed E-state index contributed by atoms with van der Waals surface area (Å²) < 4.78 is 10.9. The Hall–Kier alpha value is -5.03. The molecule has 3 amide bonds. The van der Waals surface area contributed by atoms with Crippen molar-refractivity contribution in [2.45, 2.75) is 36.8 Å². The van der Waals surface area contributed by atoms with E-state index in [1.807, 2.05) is 0 Å². The maximum atomic E-state index is 13.4. The number of ether oxygens (including phenoxy) is 2. The number of nitrogens with zero attached hydrogens (tertiary/aromatic N) is 5.